The van der Waals surface area contributed by atoms with Gasteiger partial charge >= 0.3 is 0 Å². The van der Waals surface area contributed by atoms with Gasteiger partial charge in [-0.2, -0.15) is 0 Å². The quantitative estimate of drug-likeness (QED) is 0.845. The lowest BCUT2D eigenvalue weighted by Crippen LogP contribution is -2.54. The van der Waals surface area contributed by atoms with Crippen LogP contribution in [0.1, 0.15) is 47.0 Å². The maximum Gasteiger partial charge on any atom is 0.240 e. The first-order chi connectivity index (χ1) is 8.77. The van der Waals surface area contributed by atoms with E-state index >= 15 is 0 Å². The molecule has 0 bridgehead atoms. The third kappa shape index (κ3) is 4.46. The Bertz CT molecular complexity index is 290. The molecule has 1 amide bonds. The summed E-state index contributed by atoms with van der Waals surface area (Å²) in [5, 5.41) is 0. The highest BCUT2D eigenvalue weighted by Gasteiger charge is 2.33. The SMILES string of the molecule is CCCN1CCC(N(C)C(=O)[C@H](N)C(C)(C)C)CC1. The van der Waals surface area contributed by atoms with Gasteiger partial charge in [0.25, 0.3) is 0 Å². The van der Waals surface area contributed by atoms with Gasteiger partial charge in [-0.1, -0.05) is 27.7 Å². The fourth-order valence-electron chi connectivity index (χ4n) is 2.62. The second kappa shape index (κ2) is 6.71. The maximum atomic E-state index is 12.4. The van der Waals surface area contributed by atoms with Crippen molar-refractivity contribution in [3.05, 3.63) is 0 Å². The number of hydrogen-bond acceptors (Lipinski definition) is 3. The van der Waals surface area contributed by atoms with E-state index in [-0.39, 0.29) is 11.3 Å². The van der Waals surface area contributed by atoms with Gasteiger partial charge in [-0.05, 0) is 31.2 Å². The molecule has 1 heterocycles. The van der Waals surface area contributed by atoms with E-state index in [1.54, 1.807) is 0 Å². The molecule has 4 heteroatoms. The lowest BCUT2D eigenvalue weighted by molar-refractivity contribution is -0.136. The number of nitrogens with two attached hydrogens (primary N) is 1. The maximum absolute atomic E-state index is 12.4. The zero-order chi connectivity index (χ0) is 14.6. The van der Waals surface area contributed by atoms with Crippen molar-refractivity contribution in [1.82, 2.24) is 9.80 Å². The Morgan fingerprint density at radius 1 is 1.37 bits per heavy atom. The molecule has 1 rings (SSSR count). The summed E-state index contributed by atoms with van der Waals surface area (Å²) >= 11 is 0. The normalized spacial score (nSPS) is 20.3. The highest BCUT2D eigenvalue weighted by molar-refractivity contribution is 5.82. The van der Waals surface area contributed by atoms with Crippen LogP contribution in [-0.2, 0) is 4.79 Å². The van der Waals surface area contributed by atoms with Crippen LogP contribution in [0.5, 0.6) is 0 Å². The molecular weight excluding hydrogens is 238 g/mol. The van der Waals surface area contributed by atoms with E-state index in [1.807, 2.05) is 32.7 Å². The number of likely N-dealkylation sites (tertiary alicyclic amines) is 1. The van der Waals surface area contributed by atoms with Crippen molar-refractivity contribution in [2.45, 2.75) is 59.0 Å². The van der Waals surface area contributed by atoms with E-state index in [9.17, 15) is 4.79 Å². The van der Waals surface area contributed by atoms with E-state index in [1.165, 1.54) is 13.0 Å². The van der Waals surface area contributed by atoms with E-state index < -0.39 is 6.04 Å². The lowest BCUT2D eigenvalue weighted by atomic mass is 9.86. The zero-order valence-corrected chi connectivity index (χ0v) is 13.3. The van der Waals surface area contributed by atoms with Crippen molar-refractivity contribution in [2.75, 3.05) is 26.7 Å². The number of likely N-dealkylation sites (N-methyl/N-ethyl adjacent to an activating group) is 1. The van der Waals surface area contributed by atoms with Crippen molar-refractivity contribution in [3.8, 4) is 0 Å². The van der Waals surface area contributed by atoms with Gasteiger partial charge in [0.2, 0.25) is 5.91 Å². The number of carbonyl (C=O) groups excluding carboxylic acids is 1. The second-order valence-corrected chi connectivity index (χ2v) is 6.87. The Morgan fingerprint density at radius 2 is 1.89 bits per heavy atom. The van der Waals surface area contributed by atoms with Gasteiger partial charge in [0.05, 0.1) is 6.04 Å². The Kier molecular flexibility index (Phi) is 5.81. The summed E-state index contributed by atoms with van der Waals surface area (Å²) in [6.07, 6.45) is 3.34. The minimum absolute atomic E-state index is 0.0847. The number of amides is 1. The van der Waals surface area contributed by atoms with Gasteiger partial charge in [-0.3, -0.25) is 4.79 Å². The zero-order valence-electron chi connectivity index (χ0n) is 13.3. The molecular formula is C15H31N3O. The van der Waals surface area contributed by atoms with Gasteiger partial charge in [0.15, 0.2) is 0 Å². The van der Waals surface area contributed by atoms with Crippen LogP contribution in [-0.4, -0.2) is 54.5 Å². The van der Waals surface area contributed by atoms with Crippen molar-refractivity contribution in [1.29, 1.82) is 0 Å². The molecule has 2 N–H and O–H groups in total. The molecule has 0 aromatic rings. The summed E-state index contributed by atoms with van der Waals surface area (Å²) < 4.78 is 0. The Balaban J connectivity index is 2.51. The van der Waals surface area contributed by atoms with Crippen LogP contribution in [0.25, 0.3) is 0 Å². The number of piperidine rings is 1. The fraction of sp³-hybridized carbons (Fsp3) is 0.933. The predicted molar refractivity (Wildman–Crippen MR) is 80.0 cm³/mol. The first-order valence-electron chi connectivity index (χ1n) is 7.52. The summed E-state index contributed by atoms with van der Waals surface area (Å²) in [5.41, 5.74) is 5.90. The molecule has 1 fully saturated rings. The molecule has 19 heavy (non-hydrogen) atoms. The molecule has 1 aliphatic rings. The van der Waals surface area contributed by atoms with Crippen LogP contribution in [0, 0.1) is 5.41 Å². The summed E-state index contributed by atoms with van der Waals surface area (Å²) in [6, 6.07) is -0.0554. The van der Waals surface area contributed by atoms with Gasteiger partial charge in [-0.15, -0.1) is 0 Å². The number of rotatable bonds is 4. The third-order valence-corrected chi connectivity index (χ3v) is 4.19. The topological polar surface area (TPSA) is 49.6 Å². The monoisotopic (exact) mass is 269 g/mol. The van der Waals surface area contributed by atoms with Crippen molar-refractivity contribution >= 4 is 5.91 Å². The first-order valence-corrected chi connectivity index (χ1v) is 7.52. The minimum atomic E-state index is -0.411. The Labute approximate surface area is 118 Å². The highest BCUT2D eigenvalue weighted by atomic mass is 16.2. The molecule has 112 valence electrons. The van der Waals surface area contributed by atoms with Crippen LogP contribution < -0.4 is 5.73 Å². The second-order valence-electron chi connectivity index (χ2n) is 6.87. The molecule has 4 nitrogen and oxygen atoms in total. The van der Waals surface area contributed by atoms with Crippen LogP contribution in [0.15, 0.2) is 0 Å². The summed E-state index contributed by atoms with van der Waals surface area (Å²) in [5.74, 6) is 0.0847. The van der Waals surface area contributed by atoms with Gasteiger partial charge in [0, 0.05) is 26.2 Å². The van der Waals surface area contributed by atoms with Crippen molar-refractivity contribution in [3.63, 3.8) is 0 Å². The third-order valence-electron chi connectivity index (χ3n) is 4.19. The molecule has 0 aromatic carbocycles. The molecule has 1 saturated heterocycles. The molecule has 0 spiro atoms. The summed E-state index contributed by atoms with van der Waals surface area (Å²) in [4.78, 5) is 16.8. The van der Waals surface area contributed by atoms with E-state index in [0.717, 1.165) is 25.9 Å². The number of nitrogens with zero attached hydrogens (tertiary/aromatic N) is 2. The van der Waals surface area contributed by atoms with Crippen molar-refractivity contribution < 1.29 is 4.79 Å². The van der Waals surface area contributed by atoms with Gasteiger partial charge < -0.3 is 15.5 Å². The summed E-state index contributed by atoms with van der Waals surface area (Å²) in [6.45, 7) is 11.6. The molecule has 0 unspecified atom stereocenters. The Hall–Kier alpha value is -0.610. The smallest absolute Gasteiger partial charge is 0.240 e. The predicted octanol–water partition coefficient (Wildman–Crippen LogP) is 1.69. The van der Waals surface area contributed by atoms with Crippen LogP contribution in [0.2, 0.25) is 0 Å². The van der Waals surface area contributed by atoms with Gasteiger partial charge in [0.1, 0.15) is 0 Å². The standard InChI is InChI=1S/C15H31N3O/c1-6-9-18-10-7-12(8-11-18)17(5)14(19)13(16)15(2,3)4/h12-13H,6-11,16H2,1-5H3/t13-/m0/s1. The first kappa shape index (κ1) is 16.4. The Morgan fingerprint density at radius 3 is 2.32 bits per heavy atom. The summed E-state index contributed by atoms with van der Waals surface area (Å²) in [7, 11) is 1.91. The number of carbonyl (C=O) groups is 1. The molecule has 0 aliphatic carbocycles. The molecule has 0 saturated carbocycles. The average Bonchev–Trinajstić information content (AvgIpc) is 2.36. The van der Waals surface area contributed by atoms with E-state index in [4.69, 9.17) is 5.73 Å². The molecule has 0 aromatic heterocycles. The van der Waals surface area contributed by atoms with Crippen molar-refractivity contribution in [2.24, 2.45) is 11.1 Å². The number of hydrogen-bond donors (Lipinski definition) is 1. The van der Waals surface area contributed by atoms with E-state index in [2.05, 4.69) is 11.8 Å². The van der Waals surface area contributed by atoms with Gasteiger partial charge in [-0.25, -0.2) is 0 Å². The van der Waals surface area contributed by atoms with Crippen LogP contribution in [0.4, 0.5) is 0 Å². The highest BCUT2D eigenvalue weighted by Crippen LogP contribution is 2.22. The van der Waals surface area contributed by atoms with Crippen LogP contribution >= 0.6 is 0 Å². The molecule has 0 radical (unpaired) electrons. The minimum Gasteiger partial charge on any atom is -0.341 e. The largest absolute Gasteiger partial charge is 0.341 e. The molecule has 1 atom stereocenters. The van der Waals surface area contributed by atoms with E-state index in [0.29, 0.717) is 6.04 Å². The fourth-order valence-corrected chi connectivity index (χ4v) is 2.62. The lowest BCUT2D eigenvalue weighted by Gasteiger charge is -2.39. The average molecular weight is 269 g/mol. The van der Waals surface area contributed by atoms with Crippen LogP contribution in [0.3, 0.4) is 0 Å². The molecule has 1 aliphatic heterocycles.